The predicted molar refractivity (Wildman–Crippen MR) is 70.4 cm³/mol. The summed E-state index contributed by atoms with van der Waals surface area (Å²) in [4.78, 5) is 9.73. The van der Waals surface area contributed by atoms with Gasteiger partial charge in [-0.3, -0.25) is 5.41 Å². The summed E-state index contributed by atoms with van der Waals surface area (Å²) in [6.45, 7) is 6.23. The maximum absolute atomic E-state index is 14.2. The van der Waals surface area contributed by atoms with E-state index < -0.39 is 0 Å². The summed E-state index contributed by atoms with van der Waals surface area (Å²) in [5, 5.41) is 7.25. The molecule has 0 aliphatic carbocycles. The van der Waals surface area contributed by atoms with E-state index >= 15 is 0 Å². The van der Waals surface area contributed by atoms with Crippen LogP contribution in [0.4, 0.5) is 10.2 Å². The molecule has 0 radical (unpaired) electrons. The highest BCUT2D eigenvalue weighted by molar-refractivity contribution is 5.77. The molecular weight excluding hydrogens is 233 g/mol. The maximum atomic E-state index is 14.2. The van der Waals surface area contributed by atoms with Crippen LogP contribution >= 0.6 is 0 Å². The molecule has 0 aromatic carbocycles. The summed E-state index contributed by atoms with van der Waals surface area (Å²) in [7, 11) is 0. The first-order valence-electron chi connectivity index (χ1n) is 6.06. The molecule has 5 nitrogen and oxygen atoms in total. The highest BCUT2D eigenvalue weighted by Crippen LogP contribution is 2.20. The molecule has 1 aromatic heterocycles. The lowest BCUT2D eigenvalue weighted by atomic mass is 10.2. The molecule has 0 fully saturated rings. The number of hydrogen-bond acceptors (Lipinski definition) is 4. The third-order valence-corrected chi connectivity index (χ3v) is 2.70. The Balaban J connectivity index is 3.02. The van der Waals surface area contributed by atoms with E-state index in [1.807, 2.05) is 20.8 Å². The van der Waals surface area contributed by atoms with Gasteiger partial charge in [-0.2, -0.15) is 0 Å². The Morgan fingerprint density at radius 2 is 2.17 bits per heavy atom. The van der Waals surface area contributed by atoms with Crippen LogP contribution in [0.15, 0.2) is 6.33 Å². The van der Waals surface area contributed by atoms with E-state index in [1.54, 1.807) is 4.90 Å². The molecule has 0 saturated heterocycles. The van der Waals surface area contributed by atoms with Gasteiger partial charge in [0.05, 0.1) is 11.5 Å². The molecule has 6 heteroatoms. The fraction of sp³-hybridized carbons (Fsp3) is 0.583. The van der Waals surface area contributed by atoms with Crippen molar-refractivity contribution in [2.75, 3.05) is 11.4 Å². The molecule has 0 bridgehead atoms. The molecule has 0 unspecified atom stereocenters. The Kier molecular flexibility index (Phi) is 5.00. The zero-order valence-corrected chi connectivity index (χ0v) is 11.1. The van der Waals surface area contributed by atoms with Crippen molar-refractivity contribution in [1.29, 1.82) is 5.41 Å². The largest absolute Gasteiger partial charge is 0.388 e. The SMILES string of the molecule is CCc1ncnc(N(CCC(=N)N)C(C)C)c1F. The van der Waals surface area contributed by atoms with Crippen LogP contribution in [-0.2, 0) is 6.42 Å². The summed E-state index contributed by atoms with van der Waals surface area (Å²) in [6, 6.07) is 0.0819. The zero-order valence-electron chi connectivity index (χ0n) is 11.1. The van der Waals surface area contributed by atoms with Crippen LogP contribution in [0.3, 0.4) is 0 Å². The smallest absolute Gasteiger partial charge is 0.187 e. The van der Waals surface area contributed by atoms with Crippen molar-refractivity contribution >= 4 is 11.7 Å². The topological polar surface area (TPSA) is 78.9 Å². The van der Waals surface area contributed by atoms with Gasteiger partial charge in [-0.1, -0.05) is 6.92 Å². The highest BCUT2D eigenvalue weighted by Gasteiger charge is 2.19. The van der Waals surface area contributed by atoms with Gasteiger partial charge in [-0.05, 0) is 20.3 Å². The molecular formula is C12H20FN5. The fourth-order valence-corrected chi connectivity index (χ4v) is 1.69. The van der Waals surface area contributed by atoms with Crippen LogP contribution in [0.25, 0.3) is 0 Å². The minimum atomic E-state index is -0.378. The number of hydrogen-bond donors (Lipinski definition) is 2. The first-order chi connectivity index (χ1) is 8.47. The minimum absolute atomic E-state index is 0.0819. The summed E-state index contributed by atoms with van der Waals surface area (Å²) >= 11 is 0. The third-order valence-electron chi connectivity index (χ3n) is 2.70. The van der Waals surface area contributed by atoms with Crippen molar-refractivity contribution in [2.45, 2.75) is 39.7 Å². The average Bonchev–Trinajstić information content (AvgIpc) is 2.30. The molecule has 0 atom stereocenters. The number of nitrogens with zero attached hydrogens (tertiary/aromatic N) is 3. The molecule has 1 heterocycles. The normalized spacial score (nSPS) is 10.7. The number of anilines is 1. The van der Waals surface area contributed by atoms with Crippen molar-refractivity contribution in [3.8, 4) is 0 Å². The Morgan fingerprint density at radius 3 is 2.67 bits per heavy atom. The van der Waals surface area contributed by atoms with Gasteiger partial charge >= 0.3 is 0 Å². The van der Waals surface area contributed by atoms with Crippen LogP contribution in [0.5, 0.6) is 0 Å². The van der Waals surface area contributed by atoms with Crippen molar-refractivity contribution in [3.63, 3.8) is 0 Å². The van der Waals surface area contributed by atoms with E-state index in [0.29, 0.717) is 25.1 Å². The van der Waals surface area contributed by atoms with Gasteiger partial charge < -0.3 is 10.6 Å². The van der Waals surface area contributed by atoms with E-state index in [0.717, 1.165) is 0 Å². The lowest BCUT2D eigenvalue weighted by molar-refractivity contribution is 0.569. The van der Waals surface area contributed by atoms with Crippen molar-refractivity contribution in [3.05, 3.63) is 17.8 Å². The Labute approximate surface area is 107 Å². The van der Waals surface area contributed by atoms with E-state index in [1.165, 1.54) is 6.33 Å². The molecule has 0 saturated carbocycles. The molecule has 0 aliphatic rings. The fourth-order valence-electron chi connectivity index (χ4n) is 1.69. The number of aromatic nitrogens is 2. The second kappa shape index (κ2) is 6.28. The lowest BCUT2D eigenvalue weighted by Gasteiger charge is -2.28. The van der Waals surface area contributed by atoms with E-state index in [-0.39, 0.29) is 23.5 Å². The molecule has 1 aromatic rings. The van der Waals surface area contributed by atoms with E-state index in [4.69, 9.17) is 11.1 Å². The summed E-state index contributed by atoms with van der Waals surface area (Å²) < 4.78 is 14.2. The molecule has 0 spiro atoms. The first-order valence-corrected chi connectivity index (χ1v) is 6.06. The monoisotopic (exact) mass is 253 g/mol. The summed E-state index contributed by atoms with van der Waals surface area (Å²) in [6.07, 6.45) is 2.30. The number of halogens is 1. The lowest BCUT2D eigenvalue weighted by Crippen LogP contribution is -2.35. The van der Waals surface area contributed by atoms with Crippen molar-refractivity contribution < 1.29 is 4.39 Å². The standard InChI is InChI=1S/C12H20FN5/c1-4-9-11(13)12(17-7-16-9)18(8(2)3)6-5-10(14)15/h7-8H,4-6H2,1-3H3,(H3,14,15). The molecule has 1 rings (SSSR count). The van der Waals surface area contributed by atoms with Crippen molar-refractivity contribution in [2.24, 2.45) is 5.73 Å². The molecule has 0 amide bonds. The van der Waals surface area contributed by atoms with Crippen LogP contribution in [0.1, 0.15) is 32.9 Å². The first kappa shape index (κ1) is 14.3. The number of nitrogens with one attached hydrogen (secondary N) is 1. The van der Waals surface area contributed by atoms with Crippen LogP contribution in [0.2, 0.25) is 0 Å². The predicted octanol–water partition coefficient (Wildman–Crippen LogP) is 1.72. The van der Waals surface area contributed by atoms with Gasteiger partial charge in [0.15, 0.2) is 11.6 Å². The number of rotatable bonds is 6. The van der Waals surface area contributed by atoms with Crippen LogP contribution < -0.4 is 10.6 Å². The van der Waals surface area contributed by atoms with Crippen molar-refractivity contribution in [1.82, 2.24) is 9.97 Å². The van der Waals surface area contributed by atoms with E-state index in [9.17, 15) is 4.39 Å². The number of nitrogens with two attached hydrogens (primary N) is 1. The van der Waals surface area contributed by atoms with Gasteiger partial charge in [0.2, 0.25) is 0 Å². The number of amidine groups is 1. The maximum Gasteiger partial charge on any atom is 0.187 e. The third kappa shape index (κ3) is 3.38. The van der Waals surface area contributed by atoms with Crippen LogP contribution in [-0.4, -0.2) is 28.4 Å². The minimum Gasteiger partial charge on any atom is -0.388 e. The Bertz CT molecular complexity index is 419. The van der Waals surface area contributed by atoms with Gasteiger partial charge in [0, 0.05) is 19.0 Å². The van der Waals surface area contributed by atoms with Gasteiger partial charge in [0.1, 0.15) is 6.33 Å². The van der Waals surface area contributed by atoms with Gasteiger partial charge in [-0.15, -0.1) is 0 Å². The molecule has 18 heavy (non-hydrogen) atoms. The second-order valence-electron chi connectivity index (χ2n) is 4.37. The van der Waals surface area contributed by atoms with Gasteiger partial charge in [-0.25, -0.2) is 14.4 Å². The molecule has 0 aliphatic heterocycles. The second-order valence-corrected chi connectivity index (χ2v) is 4.37. The molecule has 100 valence electrons. The number of aryl methyl sites for hydroxylation is 1. The molecule has 3 N–H and O–H groups in total. The van der Waals surface area contributed by atoms with Crippen LogP contribution in [0, 0.1) is 11.2 Å². The quantitative estimate of drug-likeness (QED) is 0.597. The summed E-state index contributed by atoms with van der Waals surface area (Å²) in [5.41, 5.74) is 5.75. The Hall–Kier alpha value is -1.72. The van der Waals surface area contributed by atoms with Gasteiger partial charge in [0.25, 0.3) is 0 Å². The Morgan fingerprint density at radius 1 is 1.50 bits per heavy atom. The van der Waals surface area contributed by atoms with E-state index in [2.05, 4.69) is 9.97 Å². The average molecular weight is 253 g/mol. The zero-order chi connectivity index (χ0) is 13.7. The summed E-state index contributed by atoms with van der Waals surface area (Å²) in [5.74, 6) is 0.00109. The highest BCUT2D eigenvalue weighted by atomic mass is 19.1.